The minimum Gasteiger partial charge on any atom is -0.240 e. The van der Waals surface area contributed by atoms with Crippen molar-refractivity contribution >= 4 is 100 Å². The number of hydrogen-bond donors (Lipinski definition) is 0. The Morgan fingerprint density at radius 2 is 0.427 bits per heavy atom. The molecule has 0 aliphatic rings. The van der Waals surface area contributed by atoms with Crippen LogP contribution in [0.3, 0.4) is 0 Å². The van der Waals surface area contributed by atoms with Crippen LogP contribution in [-0.4, -0.2) is 9.97 Å². The summed E-state index contributed by atoms with van der Waals surface area (Å²) in [6, 6.07) is 34.3. The molecular weight excluding hydrogens is 1650 g/mol. The number of unbranched alkanes of at least 4 members (excludes halogenated alkanes) is 54. The number of hydrogen-bond acceptors (Lipinski definition) is 10. The molecule has 8 aromatic heterocycles. The Morgan fingerprint density at radius 1 is 0.194 bits per heavy atom. The number of aromatic nitrogens is 2. The van der Waals surface area contributed by atoms with E-state index in [0.717, 1.165) is 32.1 Å². The molecule has 0 fully saturated rings. The van der Waals surface area contributed by atoms with Crippen molar-refractivity contribution in [3.05, 3.63) is 129 Å². The van der Waals surface area contributed by atoms with Crippen LogP contribution in [0.25, 0.3) is 89.8 Å². The minimum absolute atomic E-state index is 1.05. The molecule has 0 amide bonds. The Kier molecular flexibility index (Phi) is 50.9. The van der Waals surface area contributed by atoms with Crippen molar-refractivity contribution in [2.75, 3.05) is 0 Å². The average molecular weight is 1830 g/mol. The number of thiophene rings is 6. The van der Waals surface area contributed by atoms with Crippen LogP contribution in [0.4, 0.5) is 0 Å². The third-order valence-electron chi connectivity index (χ3n) is 26.5. The van der Waals surface area contributed by atoms with Gasteiger partial charge in [-0.3, -0.25) is 0 Å². The smallest absolute Gasteiger partial charge is 0.134 e. The van der Waals surface area contributed by atoms with E-state index in [1.54, 1.807) is 21.6 Å². The van der Waals surface area contributed by atoms with Gasteiger partial charge in [0.25, 0.3) is 0 Å². The lowest BCUT2D eigenvalue weighted by molar-refractivity contribution is 0.555. The molecule has 124 heavy (non-hydrogen) atoms. The van der Waals surface area contributed by atoms with Crippen molar-refractivity contribution in [2.24, 2.45) is 0 Å². The highest BCUT2D eigenvalue weighted by atomic mass is 32.1. The van der Waals surface area contributed by atoms with Crippen molar-refractivity contribution in [2.45, 2.75) is 479 Å². The Morgan fingerprint density at radius 3 is 0.742 bits per heavy atom. The van der Waals surface area contributed by atoms with E-state index >= 15 is 0 Å². The summed E-state index contributed by atoms with van der Waals surface area (Å²) >= 11 is 16.5. The minimum atomic E-state index is 1.05. The summed E-state index contributed by atoms with van der Waals surface area (Å²) < 4.78 is 2.87. The van der Waals surface area contributed by atoms with Gasteiger partial charge in [0.05, 0.1) is 30.9 Å². The largest absolute Gasteiger partial charge is 0.240 e. The molecule has 0 saturated heterocycles. The van der Waals surface area contributed by atoms with Gasteiger partial charge in [0, 0.05) is 48.4 Å². The Hall–Kier alpha value is -3.84. The number of rotatable bonds is 74. The van der Waals surface area contributed by atoms with Crippen LogP contribution in [-0.2, 0) is 38.5 Å². The number of benzene rings is 2. The van der Waals surface area contributed by atoms with Crippen LogP contribution in [0.15, 0.2) is 84.9 Å². The molecule has 10 rings (SSSR count). The summed E-state index contributed by atoms with van der Waals surface area (Å²) in [7, 11) is 0. The normalized spacial score (nSPS) is 11.9. The molecule has 2 nitrogen and oxygen atoms in total. The predicted molar refractivity (Wildman–Crippen MR) is 569 cm³/mol. The molecule has 10 aromatic rings. The maximum atomic E-state index is 6.00. The van der Waals surface area contributed by atoms with Gasteiger partial charge in [-0.2, -0.15) is 0 Å². The van der Waals surface area contributed by atoms with Crippen molar-refractivity contribution in [1.29, 1.82) is 0 Å². The van der Waals surface area contributed by atoms with Gasteiger partial charge in [0.2, 0.25) is 0 Å². The second kappa shape index (κ2) is 61.7. The fraction of sp³-hybridized carbons (Fsp3) is 0.649. The maximum absolute atomic E-state index is 6.00. The lowest BCUT2D eigenvalue weighted by Gasteiger charge is -2.04. The monoisotopic (exact) mass is 1820 g/mol. The van der Waals surface area contributed by atoms with Crippen LogP contribution in [0, 0.1) is 13.8 Å². The topological polar surface area (TPSA) is 25.8 Å². The third kappa shape index (κ3) is 36.0. The van der Waals surface area contributed by atoms with Gasteiger partial charge >= 0.3 is 0 Å². The van der Waals surface area contributed by atoms with E-state index in [1.165, 1.54) is 504 Å². The first-order valence-electron chi connectivity index (χ1n) is 52.4. The van der Waals surface area contributed by atoms with Gasteiger partial charge in [-0.15, -0.1) is 90.7 Å². The standard InChI is InChI=1S/C114H170N2S8/c1-9-15-21-27-33-39-45-51-57-63-69-94-83-90(8)117-107(94)103-85-96(71-65-59-53-47-41-35-29-23-17-11-3)109(121-103)113-115-98(73-67-61-55-49-43-37-31-25-19-13-5)111(123-113)105-87-101-102(118-105)88-106(119-101)112-99(74-68-62-56-50-44-38-32-26-20-14-6)116-114(124-112)110-97(72-66-60-54-48-42-36-30-24-18-12-4)86-104(122-110)108-95(70-64-58-52-46-40-34-28-22-16-10-2)84-100(120-108)93-81-79-92(80-82-93)91-77-75-89(7)76-78-91/h75-88H,9-74H2,1-8H3. The number of fused-ring (bicyclic) bond motifs is 1. The molecule has 0 unspecified atom stereocenters. The van der Waals surface area contributed by atoms with E-state index < -0.39 is 0 Å². The second-order valence-electron chi connectivity index (χ2n) is 37.7. The summed E-state index contributed by atoms with van der Waals surface area (Å²) in [5.74, 6) is 0. The molecule has 2 aromatic carbocycles. The molecule has 0 radical (unpaired) electrons. The van der Waals surface area contributed by atoms with Crippen molar-refractivity contribution in [1.82, 2.24) is 9.97 Å². The lowest BCUT2D eigenvalue weighted by Crippen LogP contribution is -1.90. The van der Waals surface area contributed by atoms with Crippen LogP contribution < -0.4 is 0 Å². The van der Waals surface area contributed by atoms with E-state index in [2.05, 4.69) is 208 Å². The van der Waals surface area contributed by atoms with Gasteiger partial charge in [-0.1, -0.05) is 442 Å². The first-order chi connectivity index (χ1) is 61.2. The highest BCUT2D eigenvalue weighted by Gasteiger charge is 2.27. The number of aryl methyl sites for hydroxylation is 8. The molecule has 0 atom stereocenters. The summed E-state index contributed by atoms with van der Waals surface area (Å²) in [5, 5.41) is 2.55. The first kappa shape index (κ1) is 102. The zero-order valence-corrected chi connectivity index (χ0v) is 86.4. The second-order valence-corrected chi connectivity index (χ2v) is 46.3. The van der Waals surface area contributed by atoms with Crippen molar-refractivity contribution < 1.29 is 0 Å². The van der Waals surface area contributed by atoms with Gasteiger partial charge < -0.3 is 0 Å². The fourth-order valence-corrected chi connectivity index (χ4v) is 28.8. The molecule has 0 saturated carbocycles. The highest BCUT2D eigenvalue weighted by molar-refractivity contribution is 7.35. The molecule has 0 N–H and O–H groups in total. The van der Waals surface area contributed by atoms with E-state index in [9.17, 15) is 0 Å². The molecule has 8 heterocycles. The Balaban J connectivity index is 0.977. The van der Waals surface area contributed by atoms with E-state index in [0.29, 0.717) is 0 Å². The first-order valence-corrected chi connectivity index (χ1v) is 58.9. The summed E-state index contributed by atoms with van der Waals surface area (Å²) in [6.45, 7) is 18.6. The molecule has 10 heteroatoms. The zero-order valence-electron chi connectivity index (χ0n) is 79.9. The lowest BCUT2D eigenvalue weighted by atomic mass is 10.0. The molecule has 0 spiro atoms. The Bertz CT molecular complexity index is 4360. The van der Waals surface area contributed by atoms with E-state index in [1.807, 2.05) is 22.7 Å². The van der Waals surface area contributed by atoms with Gasteiger partial charge in [0.1, 0.15) is 10.0 Å². The van der Waals surface area contributed by atoms with Crippen LogP contribution in [0.5, 0.6) is 0 Å². The highest BCUT2D eigenvalue weighted by Crippen LogP contribution is 2.53. The van der Waals surface area contributed by atoms with Crippen molar-refractivity contribution in [3.8, 4) is 80.4 Å². The Labute approximate surface area is 791 Å². The maximum Gasteiger partial charge on any atom is 0.134 e. The third-order valence-corrected chi connectivity index (χ3v) is 36.7. The molecular formula is C114H170N2S8. The molecule has 0 aliphatic carbocycles. The summed E-state index contributed by atoms with van der Waals surface area (Å²) in [4.78, 5) is 29.5. The summed E-state index contributed by atoms with van der Waals surface area (Å²) in [6.07, 6.45) is 88.5. The fourth-order valence-electron chi connectivity index (χ4n) is 18.8. The molecule has 684 valence electrons. The van der Waals surface area contributed by atoms with Crippen LogP contribution >= 0.6 is 90.7 Å². The van der Waals surface area contributed by atoms with Gasteiger partial charge in [-0.25, -0.2) is 9.97 Å². The number of thiazole rings is 2. The van der Waals surface area contributed by atoms with Crippen LogP contribution in [0.2, 0.25) is 0 Å². The van der Waals surface area contributed by atoms with Crippen LogP contribution in [0.1, 0.15) is 471 Å². The van der Waals surface area contributed by atoms with Crippen molar-refractivity contribution in [3.63, 3.8) is 0 Å². The van der Waals surface area contributed by atoms with Gasteiger partial charge in [0.15, 0.2) is 0 Å². The van der Waals surface area contributed by atoms with E-state index in [4.69, 9.17) is 9.97 Å². The predicted octanol–water partition coefficient (Wildman–Crippen LogP) is 42.9. The number of nitrogens with zero attached hydrogens (tertiary/aromatic N) is 2. The average Bonchev–Trinajstić information content (AvgIpc) is 1.61. The summed E-state index contributed by atoms with van der Waals surface area (Å²) in [5.41, 5.74) is 14.2. The zero-order chi connectivity index (χ0) is 86.7. The molecule has 0 aliphatic heterocycles. The van der Waals surface area contributed by atoms with Gasteiger partial charge in [-0.05, 0) is 166 Å². The SMILES string of the molecule is CCCCCCCCCCCCc1cc(C)sc1-c1cc(CCCCCCCCCCCC)c(-c2nc(CCCCCCCCCCCC)c(-c3cc4sc(-c5sc(-c6sc(-c7sc(-c8ccc(-c9ccc(C)cc9)cc8)cc7CCCCCCCCCCCC)cc6CCCCCCCCCCCC)nc5CCCCCCCCCCCC)cc4s3)s2)s1. The quantitative estimate of drug-likeness (QED) is 0.0355. The molecule has 0 bridgehead atoms. The van der Waals surface area contributed by atoms with E-state index in [-0.39, 0.29) is 0 Å².